The Bertz CT molecular complexity index is 417. The molecule has 0 saturated carbocycles. The van der Waals surface area contributed by atoms with Crippen LogP contribution < -0.4 is 10.6 Å². The molecule has 0 bridgehead atoms. The van der Waals surface area contributed by atoms with E-state index in [0.717, 1.165) is 17.9 Å². The molecule has 20 heavy (non-hydrogen) atoms. The molecule has 3 nitrogen and oxygen atoms in total. The van der Waals surface area contributed by atoms with Gasteiger partial charge in [-0.05, 0) is 44.9 Å². The van der Waals surface area contributed by atoms with E-state index in [9.17, 15) is 4.79 Å². The summed E-state index contributed by atoms with van der Waals surface area (Å²) >= 11 is 5.92. The molecule has 1 aromatic carbocycles. The molecule has 0 aliphatic heterocycles. The lowest BCUT2D eigenvalue weighted by molar-refractivity contribution is -0.123. The van der Waals surface area contributed by atoms with Gasteiger partial charge in [0.25, 0.3) is 0 Å². The van der Waals surface area contributed by atoms with Crippen LogP contribution in [-0.2, 0) is 4.79 Å². The van der Waals surface area contributed by atoms with Crippen LogP contribution in [0.1, 0.15) is 52.1 Å². The zero-order valence-corrected chi connectivity index (χ0v) is 13.5. The van der Waals surface area contributed by atoms with Gasteiger partial charge in [-0.1, -0.05) is 37.1 Å². The first-order chi connectivity index (χ1) is 9.43. The minimum absolute atomic E-state index is 0.0371. The number of amides is 1. The highest BCUT2D eigenvalue weighted by atomic mass is 35.5. The number of carbonyl (C=O) groups excluding carboxylic acids is 1. The predicted octanol–water partition coefficient (Wildman–Crippen LogP) is 3.68. The molecule has 0 fully saturated rings. The van der Waals surface area contributed by atoms with Crippen molar-refractivity contribution in [3.63, 3.8) is 0 Å². The van der Waals surface area contributed by atoms with Crippen molar-refractivity contribution in [2.24, 2.45) is 0 Å². The van der Waals surface area contributed by atoms with E-state index in [-0.39, 0.29) is 24.0 Å². The van der Waals surface area contributed by atoms with Gasteiger partial charge >= 0.3 is 0 Å². The third-order valence-corrected chi connectivity index (χ3v) is 3.38. The SMILES string of the molecule is CCCC(NC(C)C(=O)NC(C)C)c1ccc(Cl)cc1. The van der Waals surface area contributed by atoms with Gasteiger partial charge in [0.2, 0.25) is 5.91 Å². The third kappa shape index (κ3) is 5.51. The molecule has 0 aromatic heterocycles. The Hall–Kier alpha value is -1.06. The van der Waals surface area contributed by atoms with Gasteiger partial charge in [0.1, 0.15) is 0 Å². The van der Waals surface area contributed by atoms with Gasteiger partial charge in [-0.2, -0.15) is 0 Å². The Kier molecular flexibility index (Phi) is 7.03. The zero-order chi connectivity index (χ0) is 15.1. The van der Waals surface area contributed by atoms with Crippen molar-refractivity contribution in [2.75, 3.05) is 0 Å². The maximum atomic E-state index is 12.0. The summed E-state index contributed by atoms with van der Waals surface area (Å²) in [5.74, 6) is 0.0371. The lowest BCUT2D eigenvalue weighted by Crippen LogP contribution is -2.45. The number of halogens is 1. The van der Waals surface area contributed by atoms with E-state index in [0.29, 0.717) is 0 Å². The van der Waals surface area contributed by atoms with Crippen LogP contribution in [-0.4, -0.2) is 18.0 Å². The Labute approximate surface area is 127 Å². The van der Waals surface area contributed by atoms with Crippen molar-refractivity contribution in [1.29, 1.82) is 0 Å². The molecule has 0 radical (unpaired) electrons. The number of benzene rings is 1. The topological polar surface area (TPSA) is 41.1 Å². The molecule has 0 aliphatic carbocycles. The van der Waals surface area contributed by atoms with Crippen molar-refractivity contribution < 1.29 is 4.79 Å². The summed E-state index contributed by atoms with van der Waals surface area (Å²) in [6.45, 7) is 7.97. The van der Waals surface area contributed by atoms with E-state index in [1.54, 1.807) is 0 Å². The van der Waals surface area contributed by atoms with Crippen LogP contribution in [0.4, 0.5) is 0 Å². The van der Waals surface area contributed by atoms with Gasteiger partial charge in [-0.15, -0.1) is 0 Å². The molecule has 4 heteroatoms. The standard InChI is InChI=1S/C16H25ClN2O/c1-5-6-15(13-7-9-14(17)10-8-13)19-12(4)16(20)18-11(2)3/h7-12,15,19H,5-6H2,1-4H3,(H,18,20). The quantitative estimate of drug-likeness (QED) is 0.806. The molecular weight excluding hydrogens is 272 g/mol. The molecule has 0 aliphatic rings. The molecule has 1 amide bonds. The minimum atomic E-state index is -0.218. The number of nitrogens with one attached hydrogen (secondary N) is 2. The first-order valence-corrected chi connectivity index (χ1v) is 7.63. The maximum Gasteiger partial charge on any atom is 0.237 e. The average Bonchev–Trinajstić information content (AvgIpc) is 2.38. The number of rotatable bonds is 7. The second-order valence-electron chi connectivity index (χ2n) is 5.44. The molecule has 2 N–H and O–H groups in total. The average molecular weight is 297 g/mol. The van der Waals surface area contributed by atoms with Crippen LogP contribution in [0.2, 0.25) is 5.02 Å². The molecule has 0 saturated heterocycles. The zero-order valence-electron chi connectivity index (χ0n) is 12.7. The molecule has 112 valence electrons. The summed E-state index contributed by atoms with van der Waals surface area (Å²) in [6.07, 6.45) is 2.04. The van der Waals surface area contributed by atoms with E-state index in [2.05, 4.69) is 17.6 Å². The number of carbonyl (C=O) groups is 1. The van der Waals surface area contributed by atoms with Crippen molar-refractivity contribution in [3.8, 4) is 0 Å². The van der Waals surface area contributed by atoms with Crippen LogP contribution >= 0.6 is 11.6 Å². The van der Waals surface area contributed by atoms with Gasteiger partial charge < -0.3 is 5.32 Å². The normalized spacial score (nSPS) is 14.1. The summed E-state index contributed by atoms with van der Waals surface area (Å²) in [5.41, 5.74) is 1.17. The van der Waals surface area contributed by atoms with Gasteiger partial charge in [-0.3, -0.25) is 10.1 Å². The van der Waals surface area contributed by atoms with Crippen LogP contribution in [0.5, 0.6) is 0 Å². The maximum absolute atomic E-state index is 12.0. The monoisotopic (exact) mass is 296 g/mol. The largest absolute Gasteiger partial charge is 0.353 e. The Morgan fingerprint density at radius 3 is 2.30 bits per heavy atom. The molecule has 0 spiro atoms. The second-order valence-corrected chi connectivity index (χ2v) is 5.88. The molecule has 2 atom stereocenters. The van der Waals surface area contributed by atoms with Gasteiger partial charge in [0.15, 0.2) is 0 Å². The smallest absolute Gasteiger partial charge is 0.237 e. The number of hydrogen-bond donors (Lipinski definition) is 2. The number of hydrogen-bond acceptors (Lipinski definition) is 2. The van der Waals surface area contributed by atoms with Crippen molar-refractivity contribution in [1.82, 2.24) is 10.6 Å². The van der Waals surface area contributed by atoms with Crippen molar-refractivity contribution >= 4 is 17.5 Å². The highest BCUT2D eigenvalue weighted by Gasteiger charge is 2.19. The molecule has 0 heterocycles. The predicted molar refractivity (Wildman–Crippen MR) is 85.0 cm³/mol. The highest BCUT2D eigenvalue weighted by Crippen LogP contribution is 2.21. The third-order valence-electron chi connectivity index (χ3n) is 3.13. The van der Waals surface area contributed by atoms with Gasteiger partial charge in [0, 0.05) is 17.1 Å². The second kappa shape index (κ2) is 8.28. The highest BCUT2D eigenvalue weighted by molar-refractivity contribution is 6.30. The molecule has 1 aromatic rings. The summed E-state index contributed by atoms with van der Waals surface area (Å²) in [7, 11) is 0. The summed E-state index contributed by atoms with van der Waals surface area (Å²) in [4.78, 5) is 12.0. The van der Waals surface area contributed by atoms with Crippen LogP contribution in [0.3, 0.4) is 0 Å². The fraction of sp³-hybridized carbons (Fsp3) is 0.562. The van der Waals surface area contributed by atoms with Crippen LogP contribution in [0.15, 0.2) is 24.3 Å². The Morgan fingerprint density at radius 2 is 1.80 bits per heavy atom. The van der Waals surface area contributed by atoms with E-state index in [1.165, 1.54) is 5.56 Å². The Balaban J connectivity index is 2.71. The fourth-order valence-electron chi connectivity index (χ4n) is 2.12. The summed E-state index contributed by atoms with van der Waals surface area (Å²) in [6, 6.07) is 7.92. The molecular formula is C16H25ClN2O. The fourth-order valence-corrected chi connectivity index (χ4v) is 2.24. The van der Waals surface area contributed by atoms with E-state index >= 15 is 0 Å². The van der Waals surface area contributed by atoms with Gasteiger partial charge in [-0.25, -0.2) is 0 Å². The van der Waals surface area contributed by atoms with Crippen molar-refractivity contribution in [3.05, 3.63) is 34.9 Å². The first kappa shape index (κ1) is 17.0. The van der Waals surface area contributed by atoms with E-state index < -0.39 is 0 Å². The molecule has 2 unspecified atom stereocenters. The van der Waals surface area contributed by atoms with Crippen molar-refractivity contribution in [2.45, 2.75) is 58.7 Å². The van der Waals surface area contributed by atoms with Crippen LogP contribution in [0, 0.1) is 0 Å². The Morgan fingerprint density at radius 1 is 1.20 bits per heavy atom. The summed E-state index contributed by atoms with van der Waals surface area (Å²) in [5, 5.41) is 7.06. The lowest BCUT2D eigenvalue weighted by atomic mass is 10.0. The summed E-state index contributed by atoms with van der Waals surface area (Å²) < 4.78 is 0. The first-order valence-electron chi connectivity index (χ1n) is 7.26. The lowest BCUT2D eigenvalue weighted by Gasteiger charge is -2.24. The van der Waals surface area contributed by atoms with E-state index in [1.807, 2.05) is 45.0 Å². The van der Waals surface area contributed by atoms with Crippen LogP contribution in [0.25, 0.3) is 0 Å². The minimum Gasteiger partial charge on any atom is -0.353 e. The van der Waals surface area contributed by atoms with E-state index in [4.69, 9.17) is 11.6 Å². The van der Waals surface area contributed by atoms with Gasteiger partial charge in [0.05, 0.1) is 6.04 Å². The molecule has 1 rings (SSSR count).